The highest BCUT2D eigenvalue weighted by Gasteiger charge is 2.38. The Bertz CT molecular complexity index is 276. The van der Waals surface area contributed by atoms with E-state index >= 15 is 0 Å². The number of hydrogen-bond acceptors (Lipinski definition) is 2. The van der Waals surface area contributed by atoms with Crippen molar-refractivity contribution < 1.29 is 14.7 Å². The van der Waals surface area contributed by atoms with Crippen LogP contribution in [0.2, 0.25) is 0 Å². The normalized spacial score (nSPS) is 14.3. The molecule has 0 saturated carbocycles. The van der Waals surface area contributed by atoms with Crippen molar-refractivity contribution >= 4 is 11.9 Å². The molecule has 0 radical (unpaired) electrons. The fourth-order valence-corrected chi connectivity index (χ4v) is 1.70. The van der Waals surface area contributed by atoms with Crippen LogP contribution in [0.4, 0.5) is 0 Å². The van der Waals surface area contributed by atoms with Crippen molar-refractivity contribution in [1.29, 1.82) is 0 Å². The number of carboxylic acids is 1. The third-order valence-electron chi connectivity index (χ3n) is 3.64. The molecule has 0 aromatic heterocycles. The number of aliphatic carboxylic acids is 1. The van der Waals surface area contributed by atoms with Crippen molar-refractivity contribution in [2.75, 3.05) is 6.54 Å². The second-order valence-electron chi connectivity index (χ2n) is 5.46. The summed E-state index contributed by atoms with van der Waals surface area (Å²) in [6.07, 6.45) is 4.46. The van der Waals surface area contributed by atoms with E-state index in [1.807, 2.05) is 13.8 Å². The fraction of sp³-hybridized carbons (Fsp3) is 0.857. The Morgan fingerprint density at radius 3 is 2.28 bits per heavy atom. The molecule has 1 unspecified atom stereocenters. The Balaban J connectivity index is 4.09. The Morgan fingerprint density at radius 1 is 1.22 bits per heavy atom. The van der Waals surface area contributed by atoms with Gasteiger partial charge in [-0.05, 0) is 19.3 Å². The number of unbranched alkanes of at least 4 members (excludes halogenated alkanes) is 3. The van der Waals surface area contributed by atoms with Gasteiger partial charge in [0.2, 0.25) is 5.91 Å². The van der Waals surface area contributed by atoms with Crippen LogP contribution in [0.3, 0.4) is 0 Å². The minimum atomic E-state index is -0.979. The monoisotopic (exact) mass is 257 g/mol. The smallest absolute Gasteiger partial charge is 0.310 e. The van der Waals surface area contributed by atoms with Crippen LogP contribution >= 0.6 is 0 Å². The lowest BCUT2D eigenvalue weighted by Crippen LogP contribution is -2.39. The van der Waals surface area contributed by atoms with Crippen LogP contribution in [-0.2, 0) is 9.59 Å². The minimum absolute atomic E-state index is 0.0494. The van der Waals surface area contributed by atoms with Crippen LogP contribution in [-0.4, -0.2) is 23.5 Å². The minimum Gasteiger partial charge on any atom is -0.481 e. The molecular weight excluding hydrogens is 230 g/mol. The molecule has 0 aliphatic rings. The molecule has 0 aliphatic carbocycles. The van der Waals surface area contributed by atoms with Crippen molar-refractivity contribution in [3.05, 3.63) is 0 Å². The van der Waals surface area contributed by atoms with Crippen LogP contribution in [0.5, 0.6) is 0 Å². The van der Waals surface area contributed by atoms with Gasteiger partial charge in [-0.2, -0.15) is 0 Å². The van der Waals surface area contributed by atoms with Crippen molar-refractivity contribution in [3.63, 3.8) is 0 Å². The summed E-state index contributed by atoms with van der Waals surface area (Å²) in [5, 5.41) is 12.0. The van der Waals surface area contributed by atoms with E-state index in [9.17, 15) is 14.7 Å². The number of carbonyl (C=O) groups excluding carboxylic acids is 1. The number of nitrogens with one attached hydrogen (secondary N) is 1. The van der Waals surface area contributed by atoms with Crippen LogP contribution in [0.1, 0.15) is 59.8 Å². The van der Waals surface area contributed by atoms with Crippen molar-refractivity contribution in [2.24, 2.45) is 11.3 Å². The molecular formula is C14H27NO3. The highest BCUT2D eigenvalue weighted by molar-refractivity contribution is 5.84. The van der Waals surface area contributed by atoms with Gasteiger partial charge in [0.15, 0.2) is 0 Å². The van der Waals surface area contributed by atoms with Gasteiger partial charge in [-0.3, -0.25) is 9.59 Å². The van der Waals surface area contributed by atoms with Crippen LogP contribution in [0.25, 0.3) is 0 Å². The lowest BCUT2D eigenvalue weighted by atomic mass is 9.76. The van der Waals surface area contributed by atoms with E-state index in [1.165, 1.54) is 12.8 Å². The second kappa shape index (κ2) is 8.11. The summed E-state index contributed by atoms with van der Waals surface area (Å²) in [4.78, 5) is 23.0. The standard InChI is InChI=1S/C14H27NO3/c1-5-6-7-8-9-15-12(16)10-14(4,11(2)3)13(17)18/h11H,5-10H2,1-4H3,(H,15,16)(H,17,18). The van der Waals surface area contributed by atoms with Gasteiger partial charge < -0.3 is 10.4 Å². The first-order chi connectivity index (χ1) is 8.34. The number of amides is 1. The van der Waals surface area contributed by atoms with Gasteiger partial charge in [0.05, 0.1) is 5.41 Å². The van der Waals surface area contributed by atoms with E-state index in [0.717, 1.165) is 12.8 Å². The van der Waals surface area contributed by atoms with Gasteiger partial charge in [-0.15, -0.1) is 0 Å². The summed E-state index contributed by atoms with van der Waals surface area (Å²) in [5.41, 5.74) is -0.979. The molecule has 0 aliphatic heterocycles. The molecule has 0 aromatic rings. The average molecular weight is 257 g/mol. The van der Waals surface area contributed by atoms with E-state index in [-0.39, 0.29) is 18.2 Å². The van der Waals surface area contributed by atoms with E-state index in [2.05, 4.69) is 12.2 Å². The van der Waals surface area contributed by atoms with E-state index in [0.29, 0.717) is 6.54 Å². The SMILES string of the molecule is CCCCCCNC(=O)CC(C)(C(=O)O)C(C)C. The third-order valence-corrected chi connectivity index (χ3v) is 3.64. The van der Waals surface area contributed by atoms with Gasteiger partial charge in [-0.25, -0.2) is 0 Å². The van der Waals surface area contributed by atoms with Gasteiger partial charge >= 0.3 is 5.97 Å². The highest BCUT2D eigenvalue weighted by atomic mass is 16.4. The molecule has 0 fully saturated rings. The zero-order valence-electron chi connectivity index (χ0n) is 12.1. The fourth-order valence-electron chi connectivity index (χ4n) is 1.70. The molecule has 106 valence electrons. The molecule has 0 spiro atoms. The van der Waals surface area contributed by atoms with Crippen LogP contribution in [0.15, 0.2) is 0 Å². The van der Waals surface area contributed by atoms with Crippen LogP contribution < -0.4 is 5.32 Å². The maximum Gasteiger partial charge on any atom is 0.310 e. The number of carboxylic acid groups (broad SMARTS) is 1. The van der Waals surface area contributed by atoms with Crippen molar-refractivity contribution in [2.45, 2.75) is 59.8 Å². The molecule has 0 rings (SSSR count). The maximum atomic E-state index is 11.7. The Morgan fingerprint density at radius 2 is 1.83 bits per heavy atom. The topological polar surface area (TPSA) is 66.4 Å². The number of hydrogen-bond donors (Lipinski definition) is 2. The van der Waals surface area contributed by atoms with Crippen molar-refractivity contribution in [1.82, 2.24) is 5.32 Å². The molecule has 0 heterocycles. The molecule has 0 saturated heterocycles. The first kappa shape index (κ1) is 16.9. The molecule has 18 heavy (non-hydrogen) atoms. The summed E-state index contributed by atoms with van der Waals surface area (Å²) in [6.45, 7) is 8.09. The van der Waals surface area contributed by atoms with Gasteiger partial charge in [0, 0.05) is 13.0 Å². The molecule has 1 atom stereocenters. The molecule has 0 bridgehead atoms. The van der Waals surface area contributed by atoms with Crippen LogP contribution in [0, 0.1) is 11.3 Å². The summed E-state index contributed by atoms with van der Waals surface area (Å²) >= 11 is 0. The first-order valence-electron chi connectivity index (χ1n) is 6.84. The maximum absolute atomic E-state index is 11.7. The van der Waals surface area contributed by atoms with E-state index < -0.39 is 11.4 Å². The Labute approximate surface area is 110 Å². The molecule has 4 heteroatoms. The lowest BCUT2D eigenvalue weighted by molar-refractivity contribution is -0.153. The van der Waals surface area contributed by atoms with E-state index in [1.54, 1.807) is 6.92 Å². The zero-order chi connectivity index (χ0) is 14.2. The molecule has 2 N–H and O–H groups in total. The van der Waals surface area contributed by atoms with E-state index in [4.69, 9.17) is 0 Å². The molecule has 4 nitrogen and oxygen atoms in total. The molecule has 0 aromatic carbocycles. The molecule has 1 amide bonds. The first-order valence-corrected chi connectivity index (χ1v) is 6.84. The van der Waals surface area contributed by atoms with Crippen molar-refractivity contribution in [3.8, 4) is 0 Å². The van der Waals surface area contributed by atoms with Gasteiger partial charge in [-0.1, -0.05) is 40.0 Å². The second-order valence-corrected chi connectivity index (χ2v) is 5.46. The summed E-state index contributed by atoms with van der Waals surface area (Å²) < 4.78 is 0. The summed E-state index contributed by atoms with van der Waals surface area (Å²) in [7, 11) is 0. The number of rotatable bonds is 9. The largest absolute Gasteiger partial charge is 0.481 e. The number of carbonyl (C=O) groups is 2. The predicted molar refractivity (Wildman–Crippen MR) is 72.3 cm³/mol. The summed E-state index contributed by atoms with van der Waals surface area (Å²) in [6, 6.07) is 0. The predicted octanol–water partition coefficient (Wildman–Crippen LogP) is 2.82. The quantitative estimate of drug-likeness (QED) is 0.624. The third kappa shape index (κ3) is 5.52. The zero-order valence-corrected chi connectivity index (χ0v) is 12.1. The summed E-state index contributed by atoms with van der Waals surface area (Å²) in [5.74, 6) is -1.13. The van der Waals surface area contributed by atoms with Gasteiger partial charge in [0.1, 0.15) is 0 Å². The average Bonchev–Trinajstić information content (AvgIpc) is 2.28. The highest BCUT2D eigenvalue weighted by Crippen LogP contribution is 2.31. The van der Waals surface area contributed by atoms with Gasteiger partial charge in [0.25, 0.3) is 0 Å². The Kier molecular flexibility index (Phi) is 7.64. The Hall–Kier alpha value is -1.06. The lowest BCUT2D eigenvalue weighted by Gasteiger charge is -2.28.